The van der Waals surface area contributed by atoms with Gasteiger partial charge < -0.3 is 5.32 Å². The quantitative estimate of drug-likeness (QED) is 0.781. The number of likely N-dealkylation sites (N-methyl/N-ethyl adjacent to an activating group) is 1. The normalized spacial score (nSPS) is 20.4. The molecule has 0 aliphatic heterocycles. The summed E-state index contributed by atoms with van der Waals surface area (Å²) in [4.78, 5) is 13.7. The van der Waals surface area contributed by atoms with Crippen LogP contribution in [0.5, 0.6) is 0 Å². The smallest absolute Gasteiger partial charge is 0.237 e. The van der Waals surface area contributed by atoms with Crippen LogP contribution in [0, 0.1) is 11.3 Å². The highest BCUT2D eigenvalue weighted by molar-refractivity contribution is 5.81. The molecule has 2 atom stereocenters. The number of carbonyl (C=O) groups is 1. The number of nitrogens with one attached hydrogen (secondary N) is 1. The van der Waals surface area contributed by atoms with Crippen LogP contribution in [0.3, 0.4) is 0 Å². The van der Waals surface area contributed by atoms with E-state index >= 15 is 0 Å². The van der Waals surface area contributed by atoms with Crippen molar-refractivity contribution in [1.29, 1.82) is 5.26 Å². The van der Waals surface area contributed by atoms with Gasteiger partial charge in [0, 0.05) is 6.04 Å². The number of carbonyl (C=O) groups excluding carboxylic acids is 1. The highest BCUT2D eigenvalue weighted by atomic mass is 16.2. The van der Waals surface area contributed by atoms with E-state index in [4.69, 9.17) is 5.26 Å². The number of nitriles is 1. The molecule has 0 aromatic rings. The summed E-state index contributed by atoms with van der Waals surface area (Å²) in [5.74, 6) is 0.0384. The molecule has 0 aromatic heterocycles. The van der Waals surface area contributed by atoms with E-state index in [0.717, 1.165) is 12.8 Å². The average molecular weight is 223 g/mol. The summed E-state index contributed by atoms with van der Waals surface area (Å²) in [7, 11) is 1.81. The Labute approximate surface area is 97.6 Å². The van der Waals surface area contributed by atoms with Crippen LogP contribution in [0.4, 0.5) is 0 Å². The summed E-state index contributed by atoms with van der Waals surface area (Å²) in [6, 6.07) is 2.02. The third-order valence-corrected chi connectivity index (χ3v) is 3.49. The third kappa shape index (κ3) is 3.21. The lowest BCUT2D eigenvalue weighted by molar-refractivity contribution is -0.126. The van der Waals surface area contributed by atoms with E-state index in [9.17, 15) is 4.79 Å². The Morgan fingerprint density at radius 2 is 2.00 bits per heavy atom. The first-order chi connectivity index (χ1) is 7.56. The summed E-state index contributed by atoms with van der Waals surface area (Å²) < 4.78 is 0. The largest absolute Gasteiger partial charge is 0.352 e. The third-order valence-electron chi connectivity index (χ3n) is 3.49. The van der Waals surface area contributed by atoms with Gasteiger partial charge in [0.05, 0.1) is 18.2 Å². The van der Waals surface area contributed by atoms with Gasteiger partial charge in [-0.2, -0.15) is 5.26 Å². The van der Waals surface area contributed by atoms with Crippen molar-refractivity contribution in [2.75, 3.05) is 7.05 Å². The molecule has 1 N–H and O–H groups in total. The lowest BCUT2D eigenvalue weighted by Gasteiger charge is -2.27. The summed E-state index contributed by atoms with van der Waals surface area (Å²) in [5, 5.41) is 11.8. The van der Waals surface area contributed by atoms with E-state index in [1.165, 1.54) is 12.8 Å². The average Bonchev–Trinajstić information content (AvgIpc) is 2.78. The molecule has 1 rings (SSSR count). The first-order valence-electron chi connectivity index (χ1n) is 5.98. The summed E-state index contributed by atoms with van der Waals surface area (Å²) in [6.45, 7) is 3.65. The van der Waals surface area contributed by atoms with Crippen LogP contribution in [-0.2, 0) is 4.79 Å². The summed E-state index contributed by atoms with van der Waals surface area (Å²) in [6.07, 6.45) is 4.61. The van der Waals surface area contributed by atoms with Crippen molar-refractivity contribution in [1.82, 2.24) is 10.2 Å². The van der Waals surface area contributed by atoms with Gasteiger partial charge >= 0.3 is 0 Å². The van der Waals surface area contributed by atoms with Gasteiger partial charge in [-0.05, 0) is 33.7 Å². The van der Waals surface area contributed by atoms with E-state index < -0.39 is 0 Å². The predicted molar refractivity (Wildman–Crippen MR) is 62.7 cm³/mol. The van der Waals surface area contributed by atoms with Crippen LogP contribution in [0.1, 0.15) is 39.5 Å². The Kier molecular flexibility index (Phi) is 4.75. The monoisotopic (exact) mass is 223 g/mol. The van der Waals surface area contributed by atoms with Gasteiger partial charge in [0.1, 0.15) is 0 Å². The van der Waals surface area contributed by atoms with Crippen molar-refractivity contribution >= 4 is 5.91 Å². The number of hydrogen-bond donors (Lipinski definition) is 1. The first-order valence-corrected chi connectivity index (χ1v) is 5.98. The highest BCUT2D eigenvalue weighted by Crippen LogP contribution is 2.18. The maximum Gasteiger partial charge on any atom is 0.237 e. The molecule has 1 saturated carbocycles. The molecule has 0 radical (unpaired) electrons. The number of amides is 1. The molecule has 16 heavy (non-hydrogen) atoms. The molecule has 1 aliphatic rings. The fraction of sp³-hybridized carbons (Fsp3) is 0.833. The second-order valence-corrected chi connectivity index (χ2v) is 4.64. The molecule has 2 unspecified atom stereocenters. The zero-order valence-corrected chi connectivity index (χ0v) is 10.4. The Balaban J connectivity index is 2.43. The maximum absolute atomic E-state index is 11.9. The molecule has 0 aromatic carbocycles. The second kappa shape index (κ2) is 5.86. The van der Waals surface area contributed by atoms with Gasteiger partial charge in [0.15, 0.2) is 0 Å². The van der Waals surface area contributed by atoms with Crippen LogP contribution >= 0.6 is 0 Å². The van der Waals surface area contributed by atoms with E-state index in [1.807, 2.05) is 14.0 Å². The second-order valence-electron chi connectivity index (χ2n) is 4.64. The minimum absolute atomic E-state index is 0.0384. The van der Waals surface area contributed by atoms with E-state index in [-0.39, 0.29) is 18.0 Å². The first kappa shape index (κ1) is 13.0. The van der Waals surface area contributed by atoms with Gasteiger partial charge in [0.25, 0.3) is 0 Å². The molecule has 90 valence electrons. The summed E-state index contributed by atoms with van der Waals surface area (Å²) >= 11 is 0. The highest BCUT2D eigenvalue weighted by Gasteiger charge is 2.25. The Bertz CT molecular complexity index is 278. The van der Waals surface area contributed by atoms with E-state index in [0.29, 0.717) is 6.04 Å². The lowest BCUT2D eigenvalue weighted by Crippen LogP contribution is -2.48. The van der Waals surface area contributed by atoms with Crippen molar-refractivity contribution in [3.8, 4) is 6.07 Å². The van der Waals surface area contributed by atoms with Crippen molar-refractivity contribution in [3.63, 3.8) is 0 Å². The molecular formula is C12H21N3O. The van der Waals surface area contributed by atoms with Gasteiger partial charge in [-0.15, -0.1) is 0 Å². The summed E-state index contributed by atoms with van der Waals surface area (Å²) in [5.41, 5.74) is 0. The lowest BCUT2D eigenvalue weighted by atomic mass is 10.2. The molecule has 0 saturated heterocycles. The molecule has 4 heteroatoms. The standard InChI is InChI=1S/C12H21N3O/c1-9(8-13)15(3)10(2)12(16)14-11-6-4-5-7-11/h9-11H,4-7H2,1-3H3,(H,14,16). The molecule has 0 spiro atoms. The van der Waals surface area contributed by atoms with E-state index in [2.05, 4.69) is 11.4 Å². The Hall–Kier alpha value is -1.08. The van der Waals surface area contributed by atoms with Gasteiger partial charge in [0.2, 0.25) is 5.91 Å². The van der Waals surface area contributed by atoms with Crippen molar-refractivity contribution < 1.29 is 4.79 Å². The predicted octanol–water partition coefficient (Wildman–Crippen LogP) is 1.28. The van der Waals surface area contributed by atoms with Crippen LogP contribution in [0.2, 0.25) is 0 Å². The SMILES string of the molecule is CC(C#N)N(C)C(C)C(=O)NC1CCCC1. The number of rotatable bonds is 4. The van der Waals surface area contributed by atoms with Crippen LogP contribution < -0.4 is 5.32 Å². The molecule has 4 nitrogen and oxygen atoms in total. The van der Waals surface area contributed by atoms with Crippen LogP contribution in [0.15, 0.2) is 0 Å². The fourth-order valence-electron chi connectivity index (χ4n) is 2.00. The van der Waals surface area contributed by atoms with Crippen LogP contribution in [-0.4, -0.2) is 36.0 Å². The zero-order valence-electron chi connectivity index (χ0n) is 10.4. The van der Waals surface area contributed by atoms with Crippen LogP contribution in [0.25, 0.3) is 0 Å². The molecule has 1 amide bonds. The van der Waals surface area contributed by atoms with Crippen molar-refractivity contribution in [2.24, 2.45) is 0 Å². The molecule has 1 aliphatic carbocycles. The van der Waals surface area contributed by atoms with Gasteiger partial charge in [-0.3, -0.25) is 9.69 Å². The van der Waals surface area contributed by atoms with E-state index in [1.54, 1.807) is 11.8 Å². The Morgan fingerprint density at radius 3 is 2.50 bits per heavy atom. The molecular weight excluding hydrogens is 202 g/mol. The Morgan fingerprint density at radius 1 is 1.44 bits per heavy atom. The van der Waals surface area contributed by atoms with Gasteiger partial charge in [-0.1, -0.05) is 12.8 Å². The molecule has 0 bridgehead atoms. The minimum Gasteiger partial charge on any atom is -0.352 e. The number of hydrogen-bond acceptors (Lipinski definition) is 3. The van der Waals surface area contributed by atoms with Crippen molar-refractivity contribution in [2.45, 2.75) is 57.7 Å². The molecule has 1 fully saturated rings. The molecule has 0 heterocycles. The van der Waals surface area contributed by atoms with Crippen molar-refractivity contribution in [3.05, 3.63) is 0 Å². The van der Waals surface area contributed by atoms with Gasteiger partial charge in [-0.25, -0.2) is 0 Å². The fourth-order valence-corrected chi connectivity index (χ4v) is 2.00. The zero-order chi connectivity index (χ0) is 12.1. The minimum atomic E-state index is -0.241. The number of nitrogens with zero attached hydrogens (tertiary/aromatic N) is 2. The topological polar surface area (TPSA) is 56.1 Å². The maximum atomic E-state index is 11.9.